The fourth-order valence-electron chi connectivity index (χ4n) is 3.21. The first-order valence-corrected chi connectivity index (χ1v) is 12.0. The monoisotopic (exact) mass is 493 g/mol. The number of nitrogens with one attached hydrogen (secondary N) is 2. The number of ether oxygens (including phenoxy) is 1. The molecule has 0 atom stereocenters. The Morgan fingerprint density at radius 2 is 1.65 bits per heavy atom. The number of anilines is 2. The molecule has 0 spiro atoms. The summed E-state index contributed by atoms with van der Waals surface area (Å²) in [6.45, 7) is 2.45. The average Bonchev–Trinajstić information content (AvgIpc) is 3.26. The third-order valence-electron chi connectivity index (χ3n) is 4.99. The van der Waals surface area contributed by atoms with Gasteiger partial charge in [0.25, 0.3) is 0 Å². The number of thioether (sulfide) groups is 1. The lowest BCUT2D eigenvalue weighted by atomic mass is 10.2. The number of halogens is 1. The molecule has 7 nitrogen and oxygen atoms in total. The molecular weight excluding hydrogens is 470 g/mol. The third-order valence-corrected chi connectivity index (χ3v) is 6.17. The number of rotatable bonds is 9. The summed E-state index contributed by atoms with van der Waals surface area (Å²) in [5.74, 6) is 1.58. The van der Waals surface area contributed by atoms with Crippen molar-refractivity contribution < 1.29 is 9.53 Å². The number of nitrogens with zero attached hydrogens (tertiary/aromatic N) is 3. The predicted molar refractivity (Wildman–Crippen MR) is 137 cm³/mol. The Balaban J connectivity index is 1.49. The molecule has 34 heavy (non-hydrogen) atoms. The van der Waals surface area contributed by atoms with E-state index in [1.165, 1.54) is 11.8 Å². The van der Waals surface area contributed by atoms with E-state index in [0.717, 1.165) is 28.4 Å². The van der Waals surface area contributed by atoms with Crippen LogP contribution in [0.15, 0.2) is 78.0 Å². The van der Waals surface area contributed by atoms with Gasteiger partial charge in [-0.3, -0.25) is 9.36 Å². The summed E-state index contributed by atoms with van der Waals surface area (Å²) in [5, 5.41) is 16.2. The number of hydrogen-bond donors (Lipinski definition) is 2. The van der Waals surface area contributed by atoms with E-state index in [1.807, 2.05) is 84.3 Å². The molecule has 3 aromatic carbocycles. The zero-order valence-electron chi connectivity index (χ0n) is 18.8. The maximum atomic E-state index is 12.5. The van der Waals surface area contributed by atoms with Gasteiger partial charge in [0.1, 0.15) is 5.75 Å². The van der Waals surface area contributed by atoms with Gasteiger partial charge in [0, 0.05) is 22.1 Å². The number of benzene rings is 3. The van der Waals surface area contributed by atoms with Crippen molar-refractivity contribution in [2.24, 2.45) is 0 Å². The Morgan fingerprint density at radius 3 is 2.32 bits per heavy atom. The highest BCUT2D eigenvalue weighted by Crippen LogP contribution is 2.24. The first-order valence-electron chi connectivity index (χ1n) is 10.6. The van der Waals surface area contributed by atoms with Crippen molar-refractivity contribution in [1.29, 1.82) is 0 Å². The zero-order valence-corrected chi connectivity index (χ0v) is 20.4. The smallest absolute Gasteiger partial charge is 0.234 e. The molecule has 4 aromatic rings. The van der Waals surface area contributed by atoms with Crippen molar-refractivity contribution in [3.8, 4) is 11.4 Å². The molecule has 0 aliphatic carbocycles. The first kappa shape index (κ1) is 23.7. The number of hydrogen-bond acceptors (Lipinski definition) is 6. The van der Waals surface area contributed by atoms with Gasteiger partial charge in [0.15, 0.2) is 11.0 Å². The molecule has 0 fully saturated rings. The zero-order chi connectivity index (χ0) is 23.9. The van der Waals surface area contributed by atoms with Crippen molar-refractivity contribution in [3.05, 3.63) is 89.2 Å². The van der Waals surface area contributed by atoms with Crippen LogP contribution in [0, 0.1) is 6.92 Å². The van der Waals surface area contributed by atoms with Gasteiger partial charge in [-0.25, -0.2) is 0 Å². The molecule has 1 aromatic heterocycles. The lowest BCUT2D eigenvalue weighted by molar-refractivity contribution is -0.113. The first-order chi connectivity index (χ1) is 16.5. The van der Waals surface area contributed by atoms with E-state index in [4.69, 9.17) is 16.3 Å². The minimum Gasteiger partial charge on any atom is -0.497 e. The summed E-state index contributed by atoms with van der Waals surface area (Å²) < 4.78 is 7.14. The van der Waals surface area contributed by atoms with Crippen LogP contribution in [0.4, 0.5) is 11.4 Å². The van der Waals surface area contributed by atoms with Crippen LogP contribution in [-0.2, 0) is 11.3 Å². The number of carbonyl (C=O) groups is 1. The van der Waals surface area contributed by atoms with Gasteiger partial charge in [-0.1, -0.05) is 41.1 Å². The van der Waals surface area contributed by atoms with Crippen molar-refractivity contribution in [1.82, 2.24) is 14.8 Å². The molecule has 0 unspecified atom stereocenters. The number of aryl methyl sites for hydroxylation is 1. The number of amides is 1. The second-order valence-corrected chi connectivity index (χ2v) is 8.87. The Bertz CT molecular complexity index is 1240. The molecule has 0 saturated heterocycles. The maximum absolute atomic E-state index is 12.5. The number of aromatic nitrogens is 3. The normalized spacial score (nSPS) is 10.7. The summed E-state index contributed by atoms with van der Waals surface area (Å²) >= 11 is 7.41. The Kier molecular flexibility index (Phi) is 7.72. The molecule has 0 aliphatic rings. The Hall–Kier alpha value is -3.49. The van der Waals surface area contributed by atoms with Crippen LogP contribution >= 0.6 is 23.4 Å². The van der Waals surface area contributed by atoms with Crippen LogP contribution in [-0.4, -0.2) is 33.5 Å². The summed E-state index contributed by atoms with van der Waals surface area (Å²) in [6.07, 6.45) is 0. The lowest BCUT2D eigenvalue weighted by Gasteiger charge is -2.12. The predicted octanol–water partition coefficient (Wildman–Crippen LogP) is 5.58. The molecule has 0 radical (unpaired) electrons. The Labute approximate surface area is 207 Å². The molecule has 1 heterocycles. The second kappa shape index (κ2) is 11.1. The van der Waals surface area contributed by atoms with Crippen LogP contribution in [0.2, 0.25) is 5.02 Å². The van der Waals surface area contributed by atoms with Crippen molar-refractivity contribution in [3.63, 3.8) is 0 Å². The van der Waals surface area contributed by atoms with Gasteiger partial charge in [0.2, 0.25) is 5.91 Å². The van der Waals surface area contributed by atoms with Crippen molar-refractivity contribution in [2.45, 2.75) is 18.6 Å². The largest absolute Gasteiger partial charge is 0.497 e. The van der Waals surface area contributed by atoms with E-state index in [2.05, 4.69) is 20.8 Å². The summed E-state index contributed by atoms with van der Waals surface area (Å²) in [7, 11) is 1.64. The van der Waals surface area contributed by atoms with Gasteiger partial charge in [-0.15, -0.1) is 10.2 Å². The fourth-order valence-corrected chi connectivity index (χ4v) is 4.11. The van der Waals surface area contributed by atoms with E-state index in [9.17, 15) is 4.79 Å². The maximum Gasteiger partial charge on any atom is 0.234 e. The summed E-state index contributed by atoms with van der Waals surface area (Å²) in [6, 6.07) is 22.8. The van der Waals surface area contributed by atoms with Gasteiger partial charge >= 0.3 is 0 Å². The molecule has 2 N–H and O–H groups in total. The van der Waals surface area contributed by atoms with E-state index in [1.54, 1.807) is 7.11 Å². The number of methoxy groups -OCH3 is 1. The van der Waals surface area contributed by atoms with E-state index < -0.39 is 0 Å². The van der Waals surface area contributed by atoms with Crippen LogP contribution < -0.4 is 15.4 Å². The molecule has 0 aliphatic heterocycles. The van der Waals surface area contributed by atoms with Crippen LogP contribution in [0.5, 0.6) is 5.75 Å². The van der Waals surface area contributed by atoms with Gasteiger partial charge in [-0.2, -0.15) is 0 Å². The molecule has 174 valence electrons. The summed E-state index contributed by atoms with van der Waals surface area (Å²) in [4.78, 5) is 12.5. The summed E-state index contributed by atoms with van der Waals surface area (Å²) in [5.41, 5.74) is 3.69. The van der Waals surface area contributed by atoms with Gasteiger partial charge in [-0.05, 0) is 67.6 Å². The molecule has 1 amide bonds. The molecule has 0 bridgehead atoms. The highest BCUT2D eigenvalue weighted by molar-refractivity contribution is 7.99. The quantitative estimate of drug-likeness (QED) is 0.296. The van der Waals surface area contributed by atoms with Gasteiger partial charge < -0.3 is 15.4 Å². The lowest BCUT2D eigenvalue weighted by Crippen LogP contribution is -2.15. The van der Waals surface area contributed by atoms with Crippen LogP contribution in [0.3, 0.4) is 0 Å². The third kappa shape index (κ3) is 6.09. The van der Waals surface area contributed by atoms with Crippen molar-refractivity contribution in [2.75, 3.05) is 23.5 Å². The Morgan fingerprint density at radius 1 is 0.971 bits per heavy atom. The highest BCUT2D eigenvalue weighted by Gasteiger charge is 2.16. The minimum atomic E-state index is -0.114. The molecule has 0 saturated carbocycles. The average molecular weight is 494 g/mol. The molecular formula is C25H24ClN5O2S. The number of carbonyl (C=O) groups excluding carboxylic acids is 1. The van der Waals surface area contributed by atoms with Crippen LogP contribution in [0.25, 0.3) is 5.69 Å². The topological polar surface area (TPSA) is 81.1 Å². The van der Waals surface area contributed by atoms with Crippen LogP contribution in [0.1, 0.15) is 11.4 Å². The standard InChI is InChI=1S/C25H24ClN5O2S/c1-17-3-7-20(8-4-17)28-24(32)16-34-25-30-29-23(31(25)21-11-5-18(26)6-12-21)15-27-19-9-13-22(33-2)14-10-19/h3-14,27H,15-16H2,1-2H3,(H,28,32). The minimum absolute atomic E-state index is 0.114. The SMILES string of the molecule is COc1ccc(NCc2nnc(SCC(=O)Nc3ccc(C)cc3)n2-c2ccc(Cl)cc2)cc1. The molecule has 4 rings (SSSR count). The fraction of sp³-hybridized carbons (Fsp3) is 0.160. The van der Waals surface area contributed by atoms with Crippen molar-refractivity contribution >= 4 is 40.6 Å². The molecule has 9 heteroatoms. The van der Waals surface area contributed by atoms with E-state index >= 15 is 0 Å². The van der Waals surface area contributed by atoms with E-state index in [0.29, 0.717) is 22.5 Å². The van der Waals surface area contributed by atoms with Gasteiger partial charge in [0.05, 0.1) is 19.4 Å². The highest BCUT2D eigenvalue weighted by atomic mass is 35.5. The second-order valence-electron chi connectivity index (χ2n) is 7.50. The van der Waals surface area contributed by atoms with E-state index in [-0.39, 0.29) is 11.7 Å².